The fourth-order valence-electron chi connectivity index (χ4n) is 5.61. The van der Waals surface area contributed by atoms with Gasteiger partial charge in [-0.2, -0.15) is 18.3 Å². The number of carboxylic acid groups (broad SMARTS) is 1. The molecule has 2 aliphatic rings. The number of ether oxygens (including phenoxy) is 1. The molecule has 2 amide bonds. The molecule has 44 heavy (non-hydrogen) atoms. The summed E-state index contributed by atoms with van der Waals surface area (Å²) in [6, 6.07) is 13.2. The highest BCUT2D eigenvalue weighted by atomic mass is 19.4. The number of alkyl halides is 3. The Morgan fingerprint density at radius 2 is 1.70 bits per heavy atom. The average Bonchev–Trinajstić information content (AvgIpc) is 3.37. The van der Waals surface area contributed by atoms with Crippen molar-refractivity contribution in [2.75, 3.05) is 38.2 Å². The highest BCUT2D eigenvalue weighted by Crippen LogP contribution is 2.43. The van der Waals surface area contributed by atoms with Crippen molar-refractivity contribution in [3.05, 3.63) is 71.5 Å². The van der Waals surface area contributed by atoms with Gasteiger partial charge in [-0.1, -0.05) is 30.7 Å². The van der Waals surface area contributed by atoms with E-state index in [4.69, 9.17) is 4.74 Å². The zero-order valence-corrected chi connectivity index (χ0v) is 24.2. The Morgan fingerprint density at radius 1 is 1.02 bits per heavy atom. The molecule has 10 nitrogen and oxygen atoms in total. The van der Waals surface area contributed by atoms with Crippen molar-refractivity contribution in [3.8, 4) is 11.4 Å². The zero-order valence-electron chi connectivity index (χ0n) is 24.2. The summed E-state index contributed by atoms with van der Waals surface area (Å²) in [4.78, 5) is 41.9. The topological polar surface area (TPSA) is 117 Å². The van der Waals surface area contributed by atoms with E-state index >= 15 is 0 Å². The first-order chi connectivity index (χ1) is 21.1. The largest absolute Gasteiger partial charge is 0.492 e. The fraction of sp³-hybridized carbons (Fsp3) is 0.419. The molecule has 1 aliphatic carbocycles. The van der Waals surface area contributed by atoms with E-state index in [1.54, 1.807) is 15.6 Å². The second-order valence-corrected chi connectivity index (χ2v) is 11.0. The minimum Gasteiger partial charge on any atom is -0.492 e. The standard InChI is InChI=1S/C31H34F3N5O5/c1-44-28-26(36-39(22-10-3-2-4-11-22)27(28)20-7-5-8-20)29(42)35-24(13-14-25(40)41)30(43)38-17-15-37(16-18-38)23-12-6-9-21(19-23)31(32,33)34/h2-4,6,9-12,19-20,24H,5,7-8,13-18H2,1H3,(H,35,42)(H,40,41)/t24-/m0/s1. The Balaban J connectivity index is 1.34. The summed E-state index contributed by atoms with van der Waals surface area (Å²) in [5.41, 5.74) is 1.17. The number of nitrogens with zero attached hydrogens (tertiary/aromatic N) is 4. The number of carbonyl (C=O) groups excluding carboxylic acids is 2. The van der Waals surface area contributed by atoms with Crippen molar-refractivity contribution in [2.45, 2.75) is 50.2 Å². The van der Waals surface area contributed by atoms with Gasteiger partial charge in [-0.05, 0) is 49.6 Å². The summed E-state index contributed by atoms with van der Waals surface area (Å²) in [5, 5.41) is 16.6. The minimum atomic E-state index is -4.47. The van der Waals surface area contributed by atoms with Gasteiger partial charge in [-0.15, -0.1) is 0 Å². The molecule has 2 fully saturated rings. The van der Waals surface area contributed by atoms with E-state index in [2.05, 4.69) is 10.4 Å². The molecule has 2 aromatic carbocycles. The number of aliphatic carboxylic acids is 1. The van der Waals surface area contributed by atoms with Crippen LogP contribution in [0.5, 0.6) is 5.75 Å². The Bertz CT molecular complexity index is 1500. The molecule has 0 spiro atoms. The van der Waals surface area contributed by atoms with Gasteiger partial charge in [0, 0.05) is 44.2 Å². The Kier molecular flexibility index (Phi) is 9.12. The molecule has 3 aromatic rings. The van der Waals surface area contributed by atoms with Gasteiger partial charge in [0.05, 0.1) is 24.1 Å². The number of nitrogens with one attached hydrogen (secondary N) is 1. The number of carbonyl (C=O) groups is 3. The minimum absolute atomic E-state index is 0.000689. The maximum absolute atomic E-state index is 13.7. The molecule has 1 saturated heterocycles. The molecule has 1 aliphatic heterocycles. The molecular formula is C31H34F3N5O5. The number of para-hydroxylation sites is 1. The number of aromatic nitrogens is 2. The molecule has 0 unspecified atom stereocenters. The number of methoxy groups -OCH3 is 1. The molecule has 0 radical (unpaired) electrons. The van der Waals surface area contributed by atoms with Crippen LogP contribution in [-0.4, -0.2) is 76.9 Å². The predicted molar refractivity (Wildman–Crippen MR) is 155 cm³/mol. The highest BCUT2D eigenvalue weighted by molar-refractivity contribution is 5.98. The maximum atomic E-state index is 13.7. The van der Waals surface area contributed by atoms with Gasteiger partial charge in [0.25, 0.3) is 5.91 Å². The summed E-state index contributed by atoms with van der Waals surface area (Å²) in [5.74, 6) is -1.79. The summed E-state index contributed by atoms with van der Waals surface area (Å²) < 4.78 is 47.0. The lowest BCUT2D eigenvalue weighted by Gasteiger charge is -2.37. The SMILES string of the molecule is COc1c(C(=O)N[C@@H](CCC(=O)O)C(=O)N2CCN(c3cccc(C(F)(F)F)c3)CC2)nn(-c2ccccc2)c1C1CCC1. The monoisotopic (exact) mass is 613 g/mol. The third-order valence-electron chi connectivity index (χ3n) is 8.17. The second kappa shape index (κ2) is 13.0. The third-order valence-corrected chi connectivity index (χ3v) is 8.17. The Hall–Kier alpha value is -4.55. The molecular weight excluding hydrogens is 579 g/mol. The van der Waals surface area contributed by atoms with Crippen LogP contribution in [0.25, 0.3) is 5.69 Å². The Morgan fingerprint density at radius 3 is 2.30 bits per heavy atom. The van der Waals surface area contributed by atoms with E-state index in [9.17, 15) is 32.7 Å². The number of rotatable bonds is 10. The van der Waals surface area contributed by atoms with Crippen LogP contribution < -0.4 is 15.0 Å². The predicted octanol–water partition coefficient (Wildman–Crippen LogP) is 4.48. The highest BCUT2D eigenvalue weighted by Gasteiger charge is 2.36. The number of hydrogen-bond acceptors (Lipinski definition) is 6. The number of halogens is 3. The summed E-state index contributed by atoms with van der Waals surface area (Å²) in [6.45, 7) is 0.915. The van der Waals surface area contributed by atoms with Crippen LogP contribution in [0, 0.1) is 0 Å². The van der Waals surface area contributed by atoms with Gasteiger partial charge < -0.3 is 25.0 Å². The summed E-state index contributed by atoms with van der Waals surface area (Å²) in [6.07, 6.45) is -2.09. The molecule has 234 valence electrons. The number of carboxylic acids is 1. The Labute approximate surface area is 252 Å². The van der Waals surface area contributed by atoms with Crippen molar-refractivity contribution in [1.29, 1.82) is 0 Å². The first kappa shape index (κ1) is 30.9. The normalized spacial score (nSPS) is 16.3. The van der Waals surface area contributed by atoms with Gasteiger partial charge in [0.2, 0.25) is 5.91 Å². The van der Waals surface area contributed by atoms with Gasteiger partial charge in [-0.25, -0.2) is 4.68 Å². The van der Waals surface area contributed by atoms with E-state index in [1.807, 2.05) is 30.3 Å². The quantitative estimate of drug-likeness (QED) is 0.346. The summed E-state index contributed by atoms with van der Waals surface area (Å²) in [7, 11) is 1.46. The molecule has 0 bridgehead atoms. The van der Waals surface area contributed by atoms with E-state index in [1.165, 1.54) is 18.1 Å². The number of anilines is 1. The first-order valence-electron chi connectivity index (χ1n) is 14.5. The summed E-state index contributed by atoms with van der Waals surface area (Å²) >= 11 is 0. The van der Waals surface area contributed by atoms with Crippen molar-refractivity contribution < 1.29 is 37.4 Å². The fourth-order valence-corrected chi connectivity index (χ4v) is 5.61. The van der Waals surface area contributed by atoms with Crippen molar-refractivity contribution in [2.24, 2.45) is 0 Å². The number of hydrogen-bond donors (Lipinski definition) is 2. The molecule has 5 rings (SSSR count). The van der Waals surface area contributed by atoms with E-state index < -0.39 is 35.6 Å². The molecule has 1 atom stereocenters. The van der Waals surface area contributed by atoms with E-state index in [0.29, 0.717) is 11.4 Å². The third kappa shape index (κ3) is 6.66. The molecule has 2 heterocycles. The second-order valence-electron chi connectivity index (χ2n) is 11.0. The lowest BCUT2D eigenvalue weighted by atomic mass is 9.82. The zero-order chi connectivity index (χ0) is 31.4. The first-order valence-corrected chi connectivity index (χ1v) is 14.5. The lowest BCUT2D eigenvalue weighted by Crippen LogP contribution is -2.55. The number of amides is 2. The van der Waals surface area contributed by atoms with Crippen LogP contribution in [0.4, 0.5) is 18.9 Å². The van der Waals surface area contributed by atoms with Crippen LogP contribution in [0.15, 0.2) is 54.6 Å². The molecule has 1 saturated carbocycles. The van der Waals surface area contributed by atoms with Crippen molar-refractivity contribution in [1.82, 2.24) is 20.0 Å². The van der Waals surface area contributed by atoms with Crippen LogP contribution in [0.1, 0.15) is 59.8 Å². The van der Waals surface area contributed by atoms with Crippen LogP contribution in [0.3, 0.4) is 0 Å². The van der Waals surface area contributed by atoms with E-state index in [-0.39, 0.29) is 50.6 Å². The van der Waals surface area contributed by atoms with Crippen LogP contribution >= 0.6 is 0 Å². The lowest BCUT2D eigenvalue weighted by molar-refractivity contribution is -0.138. The maximum Gasteiger partial charge on any atom is 0.416 e. The van der Waals surface area contributed by atoms with Crippen molar-refractivity contribution in [3.63, 3.8) is 0 Å². The number of benzene rings is 2. The molecule has 2 N–H and O–H groups in total. The van der Waals surface area contributed by atoms with E-state index in [0.717, 1.165) is 42.8 Å². The smallest absolute Gasteiger partial charge is 0.416 e. The van der Waals surface area contributed by atoms with Gasteiger partial charge >= 0.3 is 12.1 Å². The molecule has 1 aromatic heterocycles. The van der Waals surface area contributed by atoms with Gasteiger partial charge in [0.1, 0.15) is 6.04 Å². The number of piperazine rings is 1. The van der Waals surface area contributed by atoms with Gasteiger partial charge in [0.15, 0.2) is 11.4 Å². The average molecular weight is 614 g/mol. The molecule has 13 heteroatoms. The van der Waals surface area contributed by atoms with Crippen LogP contribution in [0.2, 0.25) is 0 Å². The van der Waals surface area contributed by atoms with Crippen LogP contribution in [-0.2, 0) is 15.8 Å². The van der Waals surface area contributed by atoms with Gasteiger partial charge in [-0.3, -0.25) is 14.4 Å². The van der Waals surface area contributed by atoms with Crippen molar-refractivity contribution >= 4 is 23.5 Å².